The van der Waals surface area contributed by atoms with E-state index in [0.29, 0.717) is 25.3 Å². The molecule has 5 amide bonds. The number of hydrogen-bond acceptors (Lipinski definition) is 7. The minimum atomic E-state index is -5.08. The lowest BCUT2D eigenvalue weighted by molar-refractivity contribution is -0.192. The zero-order valence-corrected chi connectivity index (χ0v) is 31.4. The highest BCUT2D eigenvalue weighted by Gasteiger charge is 2.38. The average Bonchev–Trinajstić information content (AvgIpc) is 3.18. The normalized spacial score (nSPS) is 13.6. The van der Waals surface area contributed by atoms with Crippen LogP contribution >= 0.6 is 0 Å². The molecule has 4 rings (SSSR count). The van der Waals surface area contributed by atoms with Crippen LogP contribution in [0.2, 0.25) is 0 Å². The lowest BCUT2D eigenvalue weighted by Gasteiger charge is -2.23. The molecule has 1 aliphatic rings. The number of guanidine groups is 1. The van der Waals surface area contributed by atoms with Gasteiger partial charge in [0, 0.05) is 32.6 Å². The highest BCUT2D eigenvalue weighted by molar-refractivity contribution is 5.95. The highest BCUT2D eigenvalue weighted by atomic mass is 19.4. The average molecular weight is 798 g/mol. The van der Waals surface area contributed by atoms with Gasteiger partial charge in [0.25, 0.3) is 0 Å². The van der Waals surface area contributed by atoms with E-state index in [1.165, 1.54) is 19.3 Å². The first-order valence-corrected chi connectivity index (χ1v) is 18.6. The second-order valence-corrected chi connectivity index (χ2v) is 13.4. The van der Waals surface area contributed by atoms with E-state index in [4.69, 9.17) is 15.6 Å². The number of rotatable bonds is 16. The molecule has 9 N–H and O–H groups in total. The largest absolute Gasteiger partial charge is 0.508 e. The second kappa shape index (κ2) is 23.7. The van der Waals surface area contributed by atoms with E-state index in [0.717, 1.165) is 29.5 Å². The van der Waals surface area contributed by atoms with Crippen LogP contribution in [0.25, 0.3) is 0 Å². The maximum atomic E-state index is 13.8. The first kappa shape index (κ1) is 45.3. The van der Waals surface area contributed by atoms with Crippen LogP contribution in [0.15, 0.2) is 89.9 Å². The van der Waals surface area contributed by atoms with E-state index in [9.17, 15) is 37.5 Å². The van der Waals surface area contributed by atoms with Crippen molar-refractivity contribution >= 4 is 35.7 Å². The third-order valence-corrected chi connectivity index (χ3v) is 8.91. The fourth-order valence-electron chi connectivity index (χ4n) is 6.03. The molecule has 1 fully saturated rings. The molecule has 17 heteroatoms. The number of aromatic hydroxyl groups is 1. The number of hydrogen-bond donors (Lipinski definition) is 8. The van der Waals surface area contributed by atoms with Crippen molar-refractivity contribution in [2.24, 2.45) is 16.6 Å². The van der Waals surface area contributed by atoms with E-state index < -0.39 is 30.1 Å². The number of phenols is 1. The standard InChI is InChI=1S/C38H49N7O5.C2HF3O2/c39-37(45-38(50)42-24-23-40-33(47)25-27-11-4-1-5-12-27)41-22-10-17-32(35(48)43-26-28-18-20-31(46)21-19-28)44-36(49)34(29-13-6-2-7-14-29)30-15-8-3-9-16-30;3-2(4,5)1(6)7/h2-3,6-9,13-16,18-21,27,32,34,46H,1,4-5,10-12,17,22-26H2,(H,40,47)(H,43,48)(H,44,49)(H4,39,41,42,45,50);(H,6,7)/t32-;/m1./s1. The third kappa shape index (κ3) is 17.5. The smallest absolute Gasteiger partial charge is 0.490 e. The molecule has 0 aliphatic heterocycles. The number of carbonyl (C=O) groups is 5. The summed E-state index contributed by atoms with van der Waals surface area (Å²) in [6.07, 6.45) is 1.88. The second-order valence-electron chi connectivity index (χ2n) is 13.4. The van der Waals surface area contributed by atoms with Crippen molar-refractivity contribution in [3.63, 3.8) is 0 Å². The molecule has 3 aromatic rings. The van der Waals surface area contributed by atoms with Crippen molar-refractivity contribution in [1.29, 1.82) is 0 Å². The summed E-state index contributed by atoms with van der Waals surface area (Å²) < 4.78 is 31.7. The van der Waals surface area contributed by atoms with Gasteiger partial charge in [-0.15, -0.1) is 0 Å². The van der Waals surface area contributed by atoms with Crippen LogP contribution in [0.4, 0.5) is 18.0 Å². The van der Waals surface area contributed by atoms with Gasteiger partial charge in [-0.05, 0) is 60.4 Å². The van der Waals surface area contributed by atoms with Crippen molar-refractivity contribution in [2.45, 2.75) is 76.0 Å². The molecule has 308 valence electrons. The molecule has 0 unspecified atom stereocenters. The van der Waals surface area contributed by atoms with Gasteiger partial charge >= 0.3 is 18.2 Å². The SMILES string of the molecule is NC(=NCCC[C@@H](NC(=O)C(c1ccccc1)c1ccccc1)C(=O)NCc1ccc(O)cc1)NC(=O)NCCNC(=O)CC1CCCCC1.O=C(O)C(F)(F)F. The van der Waals surface area contributed by atoms with Crippen molar-refractivity contribution < 1.29 is 47.4 Å². The van der Waals surface area contributed by atoms with Crippen LogP contribution in [0.5, 0.6) is 5.75 Å². The molecule has 1 aliphatic carbocycles. The Balaban J connectivity index is 0.00000113. The van der Waals surface area contributed by atoms with Crippen LogP contribution < -0.4 is 32.3 Å². The Kier molecular flexibility index (Phi) is 18.8. The third-order valence-electron chi connectivity index (χ3n) is 8.91. The predicted molar refractivity (Wildman–Crippen MR) is 207 cm³/mol. The summed E-state index contributed by atoms with van der Waals surface area (Å²) >= 11 is 0. The summed E-state index contributed by atoms with van der Waals surface area (Å²) in [6.45, 7) is 0.957. The van der Waals surface area contributed by atoms with Crippen LogP contribution in [0, 0.1) is 5.92 Å². The summed E-state index contributed by atoms with van der Waals surface area (Å²) in [7, 11) is 0. The van der Waals surface area contributed by atoms with Crippen molar-refractivity contribution in [3.05, 3.63) is 102 Å². The maximum absolute atomic E-state index is 13.8. The molecule has 57 heavy (non-hydrogen) atoms. The van der Waals surface area contributed by atoms with Gasteiger partial charge in [-0.1, -0.05) is 92.1 Å². The first-order valence-electron chi connectivity index (χ1n) is 18.6. The predicted octanol–water partition coefficient (Wildman–Crippen LogP) is 4.44. The molecule has 0 radical (unpaired) electrons. The summed E-state index contributed by atoms with van der Waals surface area (Å²) in [6, 6.07) is 23.8. The zero-order valence-electron chi connectivity index (χ0n) is 31.4. The summed E-state index contributed by atoms with van der Waals surface area (Å²) in [5.41, 5.74) is 8.30. The molecule has 0 aromatic heterocycles. The Bertz CT molecular complexity index is 1720. The maximum Gasteiger partial charge on any atom is 0.490 e. The van der Waals surface area contributed by atoms with Gasteiger partial charge in [0.1, 0.15) is 11.8 Å². The number of carboxylic acids is 1. The number of carboxylic acid groups (broad SMARTS) is 1. The quantitative estimate of drug-likeness (QED) is 0.0587. The van der Waals surface area contributed by atoms with Crippen LogP contribution in [-0.4, -0.2) is 77.7 Å². The van der Waals surface area contributed by atoms with Crippen LogP contribution in [-0.2, 0) is 25.7 Å². The molecule has 3 aromatic carbocycles. The number of carbonyl (C=O) groups excluding carboxylic acids is 4. The minimum absolute atomic E-state index is 0.000587. The lowest BCUT2D eigenvalue weighted by Crippen LogP contribution is -2.48. The molecule has 1 saturated carbocycles. The van der Waals surface area contributed by atoms with Gasteiger partial charge in [-0.2, -0.15) is 13.2 Å². The molecule has 0 saturated heterocycles. The molecular weight excluding hydrogens is 747 g/mol. The van der Waals surface area contributed by atoms with E-state index in [1.54, 1.807) is 24.3 Å². The Hall–Kier alpha value is -6.13. The monoisotopic (exact) mass is 797 g/mol. The number of nitrogens with zero attached hydrogens (tertiary/aromatic N) is 1. The van der Waals surface area contributed by atoms with E-state index in [-0.39, 0.29) is 55.5 Å². The first-order chi connectivity index (χ1) is 27.2. The highest BCUT2D eigenvalue weighted by Crippen LogP contribution is 2.26. The number of alkyl halides is 3. The Labute approximate surface area is 328 Å². The number of phenolic OH excluding ortho intramolecular Hbond substituents is 1. The topological polar surface area (TPSA) is 224 Å². The number of aliphatic carboxylic acids is 1. The Morgan fingerprint density at radius 3 is 1.91 bits per heavy atom. The fourth-order valence-corrected chi connectivity index (χ4v) is 6.03. The van der Waals surface area contributed by atoms with Crippen molar-refractivity contribution in [2.75, 3.05) is 19.6 Å². The molecular formula is C40H50F3N7O7. The fraction of sp³-hybridized carbons (Fsp3) is 0.400. The van der Waals surface area contributed by atoms with Crippen molar-refractivity contribution in [1.82, 2.24) is 26.6 Å². The van der Waals surface area contributed by atoms with E-state index >= 15 is 0 Å². The van der Waals surface area contributed by atoms with Gasteiger partial charge < -0.3 is 37.2 Å². The number of nitrogens with two attached hydrogens (primary N) is 1. The van der Waals surface area contributed by atoms with Crippen LogP contribution in [0.3, 0.4) is 0 Å². The van der Waals surface area contributed by atoms with Crippen molar-refractivity contribution in [3.8, 4) is 5.75 Å². The van der Waals surface area contributed by atoms with Gasteiger partial charge in [0.2, 0.25) is 17.7 Å². The lowest BCUT2D eigenvalue weighted by atomic mass is 9.87. The summed E-state index contributed by atoms with van der Waals surface area (Å²) in [5.74, 6) is -3.60. The molecule has 14 nitrogen and oxygen atoms in total. The van der Waals surface area contributed by atoms with E-state index in [2.05, 4.69) is 31.6 Å². The van der Waals surface area contributed by atoms with Gasteiger partial charge in [-0.25, -0.2) is 9.59 Å². The van der Waals surface area contributed by atoms with Gasteiger partial charge in [-0.3, -0.25) is 24.7 Å². The van der Waals surface area contributed by atoms with Gasteiger partial charge in [0.15, 0.2) is 5.96 Å². The number of halogens is 3. The van der Waals surface area contributed by atoms with Gasteiger partial charge in [0.05, 0.1) is 5.92 Å². The number of urea groups is 1. The Morgan fingerprint density at radius 2 is 1.35 bits per heavy atom. The van der Waals surface area contributed by atoms with E-state index in [1.807, 2.05) is 60.7 Å². The zero-order chi connectivity index (χ0) is 41.6. The Morgan fingerprint density at radius 1 is 0.789 bits per heavy atom. The van der Waals surface area contributed by atoms with Crippen LogP contribution in [0.1, 0.15) is 74.0 Å². The molecule has 0 bridgehead atoms. The molecule has 0 heterocycles. The summed E-state index contributed by atoms with van der Waals surface area (Å²) in [5, 5.41) is 30.5. The minimum Gasteiger partial charge on any atom is -0.508 e. The summed E-state index contributed by atoms with van der Waals surface area (Å²) in [4.78, 5) is 64.8. The number of nitrogens with one attached hydrogen (secondary N) is 5. The number of amides is 5. The molecule has 1 atom stereocenters. The number of aliphatic imine (C=N–C) groups is 1. The number of benzene rings is 3. The molecule has 0 spiro atoms.